The molecule has 1 aliphatic rings. The van der Waals surface area contributed by atoms with Crippen LogP contribution < -0.4 is 5.32 Å². The maximum absolute atomic E-state index is 11.6. The number of nitrogens with one attached hydrogen (secondary N) is 1. The van der Waals surface area contributed by atoms with Gasteiger partial charge in [-0.1, -0.05) is 12.1 Å². The molecule has 1 saturated heterocycles. The van der Waals surface area contributed by atoms with Crippen molar-refractivity contribution in [1.82, 2.24) is 15.2 Å². The fourth-order valence-electron chi connectivity index (χ4n) is 3.51. The largest absolute Gasteiger partial charge is 0.388 e. The zero-order valence-electron chi connectivity index (χ0n) is 14.4. The van der Waals surface area contributed by atoms with Gasteiger partial charge in [-0.2, -0.15) is 0 Å². The first-order chi connectivity index (χ1) is 11.5. The van der Waals surface area contributed by atoms with Crippen molar-refractivity contribution in [3.05, 3.63) is 41.6 Å². The number of aromatic nitrogens is 1. The molecular weight excluding hydrogens is 302 g/mol. The number of amides is 1. The molecule has 5 heteroatoms. The summed E-state index contributed by atoms with van der Waals surface area (Å²) in [7, 11) is 1.61. The van der Waals surface area contributed by atoms with Crippen LogP contribution in [0, 0.1) is 6.92 Å². The monoisotopic (exact) mass is 327 g/mol. The Balaban J connectivity index is 1.71. The molecule has 0 radical (unpaired) electrons. The minimum absolute atomic E-state index is 0.105. The van der Waals surface area contributed by atoms with Gasteiger partial charge in [0.05, 0.1) is 17.5 Å². The number of benzene rings is 1. The first-order valence-corrected chi connectivity index (χ1v) is 8.49. The predicted molar refractivity (Wildman–Crippen MR) is 94.6 cm³/mol. The summed E-state index contributed by atoms with van der Waals surface area (Å²) in [5.41, 5.74) is 2.31. The first-order valence-electron chi connectivity index (χ1n) is 8.49. The molecule has 1 unspecified atom stereocenters. The molecular formula is C19H25N3O2. The van der Waals surface area contributed by atoms with Crippen LogP contribution in [-0.4, -0.2) is 46.6 Å². The standard InChI is InChI=1S/C19H25N3O2/c1-14-4-6-16-10-15(5-7-17(16)21-14)12-22-9-3-8-19(24,13-22)11-18(23)20-2/h4-7,10,24H,3,8-9,11-13H2,1-2H3,(H,20,23). The summed E-state index contributed by atoms with van der Waals surface area (Å²) in [4.78, 5) is 18.4. The number of carbonyl (C=O) groups is 1. The lowest BCUT2D eigenvalue weighted by Gasteiger charge is -2.39. The van der Waals surface area contributed by atoms with E-state index in [0.29, 0.717) is 13.0 Å². The Kier molecular flexibility index (Phi) is 4.83. The van der Waals surface area contributed by atoms with Crippen LogP contribution in [0.15, 0.2) is 30.3 Å². The van der Waals surface area contributed by atoms with Gasteiger partial charge in [-0.25, -0.2) is 0 Å². The van der Waals surface area contributed by atoms with E-state index in [9.17, 15) is 9.90 Å². The number of likely N-dealkylation sites (tertiary alicyclic amines) is 1. The van der Waals surface area contributed by atoms with Crippen molar-refractivity contribution in [3.63, 3.8) is 0 Å². The maximum Gasteiger partial charge on any atom is 0.222 e. The van der Waals surface area contributed by atoms with Gasteiger partial charge < -0.3 is 10.4 Å². The van der Waals surface area contributed by atoms with Gasteiger partial charge in [-0.3, -0.25) is 14.7 Å². The Morgan fingerprint density at radius 1 is 1.38 bits per heavy atom. The molecule has 1 aromatic heterocycles. The lowest BCUT2D eigenvalue weighted by Crippen LogP contribution is -2.49. The molecule has 0 saturated carbocycles. The van der Waals surface area contributed by atoms with Crippen LogP contribution in [0.3, 0.4) is 0 Å². The van der Waals surface area contributed by atoms with Gasteiger partial charge in [0.1, 0.15) is 0 Å². The predicted octanol–water partition coefficient (Wildman–Crippen LogP) is 2.01. The van der Waals surface area contributed by atoms with Crippen molar-refractivity contribution >= 4 is 16.8 Å². The van der Waals surface area contributed by atoms with Crippen molar-refractivity contribution in [3.8, 4) is 0 Å². The minimum atomic E-state index is -0.923. The minimum Gasteiger partial charge on any atom is -0.388 e. The summed E-state index contributed by atoms with van der Waals surface area (Å²) in [5.74, 6) is -0.105. The van der Waals surface area contributed by atoms with Gasteiger partial charge in [0.25, 0.3) is 0 Å². The van der Waals surface area contributed by atoms with Crippen LogP contribution in [0.4, 0.5) is 0 Å². The van der Waals surface area contributed by atoms with Gasteiger partial charge in [0.2, 0.25) is 5.91 Å². The van der Waals surface area contributed by atoms with Gasteiger partial charge in [0, 0.05) is 31.2 Å². The average molecular weight is 327 g/mol. The first kappa shape index (κ1) is 16.9. The fourth-order valence-corrected chi connectivity index (χ4v) is 3.51. The second-order valence-corrected chi connectivity index (χ2v) is 6.87. The fraction of sp³-hybridized carbons (Fsp3) is 0.474. The van der Waals surface area contributed by atoms with Gasteiger partial charge in [0.15, 0.2) is 0 Å². The highest BCUT2D eigenvalue weighted by Crippen LogP contribution is 2.26. The summed E-state index contributed by atoms with van der Waals surface area (Å²) in [6.07, 6.45) is 1.75. The van der Waals surface area contributed by atoms with Crippen LogP contribution >= 0.6 is 0 Å². The normalized spacial score (nSPS) is 21.8. The van der Waals surface area contributed by atoms with E-state index in [-0.39, 0.29) is 12.3 Å². The second-order valence-electron chi connectivity index (χ2n) is 6.87. The molecule has 3 rings (SSSR count). The van der Waals surface area contributed by atoms with Crippen molar-refractivity contribution in [2.24, 2.45) is 0 Å². The average Bonchev–Trinajstić information content (AvgIpc) is 2.54. The van der Waals surface area contributed by atoms with Gasteiger partial charge >= 0.3 is 0 Å². The third-order valence-electron chi connectivity index (χ3n) is 4.70. The zero-order valence-corrected chi connectivity index (χ0v) is 14.4. The van der Waals surface area contributed by atoms with Crippen LogP contribution in [0.5, 0.6) is 0 Å². The van der Waals surface area contributed by atoms with Crippen LogP contribution in [0.1, 0.15) is 30.5 Å². The molecule has 128 valence electrons. The zero-order chi connectivity index (χ0) is 17.2. The van der Waals surface area contributed by atoms with Crippen molar-refractivity contribution < 1.29 is 9.90 Å². The summed E-state index contributed by atoms with van der Waals surface area (Å²) in [6, 6.07) is 10.4. The Morgan fingerprint density at radius 3 is 3.00 bits per heavy atom. The molecule has 2 heterocycles. The molecule has 1 amide bonds. The smallest absolute Gasteiger partial charge is 0.222 e. The number of nitrogens with zero attached hydrogens (tertiary/aromatic N) is 2. The molecule has 1 aromatic carbocycles. The molecule has 1 aliphatic heterocycles. The highest BCUT2D eigenvalue weighted by atomic mass is 16.3. The lowest BCUT2D eigenvalue weighted by atomic mass is 9.89. The van der Waals surface area contributed by atoms with E-state index in [4.69, 9.17) is 0 Å². The third-order valence-corrected chi connectivity index (χ3v) is 4.70. The number of hydrogen-bond acceptors (Lipinski definition) is 4. The Morgan fingerprint density at radius 2 is 2.21 bits per heavy atom. The highest BCUT2D eigenvalue weighted by Gasteiger charge is 2.35. The highest BCUT2D eigenvalue weighted by molar-refractivity contribution is 5.79. The molecule has 2 N–H and O–H groups in total. The number of hydrogen-bond donors (Lipinski definition) is 2. The van der Waals surface area contributed by atoms with Crippen LogP contribution in [0.2, 0.25) is 0 Å². The molecule has 0 aliphatic carbocycles. The van der Waals surface area contributed by atoms with Gasteiger partial charge in [-0.15, -0.1) is 0 Å². The molecule has 2 aromatic rings. The molecule has 1 atom stereocenters. The number of rotatable bonds is 4. The quantitative estimate of drug-likeness (QED) is 0.901. The topological polar surface area (TPSA) is 65.5 Å². The summed E-state index contributed by atoms with van der Waals surface area (Å²) < 4.78 is 0. The van der Waals surface area contributed by atoms with E-state index in [0.717, 1.165) is 36.1 Å². The third kappa shape index (κ3) is 3.91. The van der Waals surface area contributed by atoms with Crippen molar-refractivity contribution in [1.29, 1.82) is 0 Å². The molecule has 0 bridgehead atoms. The molecule has 0 spiro atoms. The lowest BCUT2D eigenvalue weighted by molar-refractivity contribution is -0.128. The van der Waals surface area contributed by atoms with E-state index in [1.54, 1.807) is 7.05 Å². The van der Waals surface area contributed by atoms with Crippen molar-refractivity contribution in [2.75, 3.05) is 20.1 Å². The number of piperidine rings is 1. The number of aliphatic hydroxyl groups is 1. The van der Waals surface area contributed by atoms with E-state index >= 15 is 0 Å². The second kappa shape index (κ2) is 6.87. The van der Waals surface area contributed by atoms with E-state index in [1.807, 2.05) is 13.0 Å². The van der Waals surface area contributed by atoms with E-state index in [2.05, 4.69) is 39.5 Å². The number of β-amino-alcohol motifs (C(OH)–C–C–N with tert-alkyl or cyclic N) is 1. The van der Waals surface area contributed by atoms with Crippen LogP contribution in [-0.2, 0) is 11.3 Å². The number of aryl methyl sites for hydroxylation is 1. The van der Waals surface area contributed by atoms with Crippen molar-refractivity contribution in [2.45, 2.75) is 38.3 Å². The summed E-state index contributed by atoms with van der Waals surface area (Å²) in [5, 5.41) is 14.4. The number of fused-ring (bicyclic) bond motifs is 1. The Labute approximate surface area is 142 Å². The Bertz CT molecular complexity index is 746. The summed E-state index contributed by atoms with van der Waals surface area (Å²) >= 11 is 0. The molecule has 5 nitrogen and oxygen atoms in total. The Hall–Kier alpha value is -1.98. The van der Waals surface area contributed by atoms with Crippen LogP contribution in [0.25, 0.3) is 10.9 Å². The SMILES string of the molecule is CNC(=O)CC1(O)CCCN(Cc2ccc3nc(C)ccc3c2)C1. The maximum atomic E-state index is 11.6. The van der Waals surface area contributed by atoms with E-state index in [1.165, 1.54) is 5.56 Å². The number of carbonyl (C=O) groups excluding carboxylic acids is 1. The summed E-state index contributed by atoms with van der Waals surface area (Å²) in [6.45, 7) is 4.25. The van der Waals surface area contributed by atoms with Gasteiger partial charge in [-0.05, 0) is 50.1 Å². The number of pyridine rings is 1. The van der Waals surface area contributed by atoms with E-state index < -0.39 is 5.60 Å². The molecule has 1 fully saturated rings. The molecule has 24 heavy (non-hydrogen) atoms.